The number of hydrogen-bond donors (Lipinski definition) is 3. The summed E-state index contributed by atoms with van der Waals surface area (Å²) in [6, 6.07) is 5.15. The highest BCUT2D eigenvalue weighted by molar-refractivity contribution is 9.10. The van der Waals surface area contributed by atoms with E-state index in [2.05, 4.69) is 50.3 Å². The summed E-state index contributed by atoms with van der Waals surface area (Å²) in [5.41, 5.74) is 1.77. The number of pyridine rings is 2. The Morgan fingerprint density at radius 1 is 1.36 bits per heavy atom. The second-order valence-corrected chi connectivity index (χ2v) is 7.61. The van der Waals surface area contributed by atoms with Crippen LogP contribution < -0.4 is 16.1 Å². The SMILES string of the molecule is Cc1cc(Br)cnc1NCCCN=c1[nH][s+]([O-])nc1NC(=O)c1ccncc1. The first-order chi connectivity index (χ1) is 13.5. The highest BCUT2D eigenvalue weighted by atomic mass is 79.9. The molecule has 28 heavy (non-hydrogen) atoms. The summed E-state index contributed by atoms with van der Waals surface area (Å²) in [6.45, 7) is 3.11. The Balaban J connectivity index is 1.58. The van der Waals surface area contributed by atoms with E-state index in [4.69, 9.17) is 0 Å². The third kappa shape index (κ3) is 5.44. The Kier molecular flexibility index (Phi) is 6.85. The van der Waals surface area contributed by atoms with E-state index in [0.29, 0.717) is 24.1 Å². The number of nitrogens with one attached hydrogen (secondary N) is 3. The topological polar surface area (TPSA) is 131 Å². The summed E-state index contributed by atoms with van der Waals surface area (Å²) in [7, 11) is 0. The molecule has 3 N–H and O–H groups in total. The number of halogens is 1. The lowest BCUT2D eigenvalue weighted by molar-refractivity contribution is 0.102. The predicted molar refractivity (Wildman–Crippen MR) is 110 cm³/mol. The van der Waals surface area contributed by atoms with Crippen LogP contribution in [-0.2, 0) is 0 Å². The molecule has 0 aromatic carbocycles. The Labute approximate surface area is 172 Å². The van der Waals surface area contributed by atoms with Gasteiger partial charge in [-0.3, -0.25) is 20.1 Å². The Bertz CT molecular complexity index is 1020. The van der Waals surface area contributed by atoms with Crippen molar-refractivity contribution in [2.24, 2.45) is 4.99 Å². The molecular formula is C17H18BrN7O2S. The van der Waals surface area contributed by atoms with E-state index in [1.807, 2.05) is 13.0 Å². The van der Waals surface area contributed by atoms with Gasteiger partial charge in [-0.15, -0.1) is 4.37 Å². The van der Waals surface area contributed by atoms with Crippen LogP contribution in [0, 0.1) is 6.92 Å². The van der Waals surface area contributed by atoms with Crippen molar-refractivity contribution in [3.8, 4) is 0 Å². The largest absolute Gasteiger partial charge is 0.548 e. The number of carbonyl (C=O) groups excluding carboxylic acids is 1. The van der Waals surface area contributed by atoms with Gasteiger partial charge in [0.15, 0.2) is 11.1 Å². The molecule has 0 saturated heterocycles. The van der Waals surface area contributed by atoms with Gasteiger partial charge in [0.25, 0.3) is 5.91 Å². The fraction of sp³-hybridized carbons (Fsp3) is 0.235. The molecular weight excluding hydrogens is 446 g/mol. The van der Waals surface area contributed by atoms with Crippen LogP contribution in [-0.4, -0.2) is 42.3 Å². The van der Waals surface area contributed by atoms with Gasteiger partial charge in [0.05, 0.1) is 0 Å². The second kappa shape index (κ2) is 9.53. The number of aryl methyl sites for hydroxylation is 1. The van der Waals surface area contributed by atoms with Crippen LogP contribution >= 0.6 is 27.1 Å². The average molecular weight is 464 g/mol. The maximum Gasteiger partial charge on any atom is 0.257 e. The van der Waals surface area contributed by atoms with E-state index < -0.39 is 11.1 Å². The number of aromatic nitrogens is 4. The number of aromatic amines is 1. The quantitative estimate of drug-likeness (QED) is 0.364. The Morgan fingerprint density at radius 2 is 2.14 bits per heavy atom. The van der Waals surface area contributed by atoms with Crippen LogP contribution in [0.15, 0.2) is 46.3 Å². The molecule has 11 heteroatoms. The van der Waals surface area contributed by atoms with E-state index in [9.17, 15) is 9.35 Å². The zero-order valence-electron chi connectivity index (χ0n) is 15.0. The molecule has 1 atom stereocenters. The third-order valence-corrected chi connectivity index (χ3v) is 4.85. The lowest BCUT2D eigenvalue weighted by Gasteiger charge is -2.07. The minimum atomic E-state index is -1.65. The monoisotopic (exact) mass is 463 g/mol. The van der Waals surface area contributed by atoms with Crippen molar-refractivity contribution in [3.05, 3.63) is 57.9 Å². The lowest BCUT2D eigenvalue weighted by atomic mass is 10.2. The highest BCUT2D eigenvalue weighted by Crippen LogP contribution is 2.16. The van der Waals surface area contributed by atoms with Gasteiger partial charge >= 0.3 is 0 Å². The summed E-state index contributed by atoms with van der Waals surface area (Å²) in [6.07, 6.45) is 5.50. The van der Waals surface area contributed by atoms with Crippen molar-refractivity contribution in [2.75, 3.05) is 23.7 Å². The third-order valence-electron chi connectivity index (χ3n) is 3.70. The van der Waals surface area contributed by atoms with Crippen LogP contribution in [0.4, 0.5) is 11.6 Å². The molecule has 0 fully saturated rings. The standard InChI is InChI=1S/C17H18BrN7O2S/c1-11-9-13(18)10-22-14(11)20-5-2-6-21-15-16(25-28(27)24-15)23-17(26)12-3-7-19-8-4-12/h3-4,7-10H,2,5-6H2,1H3,(H,20,22)(H,21,24)(H,23,25,26). The van der Waals surface area contributed by atoms with Crippen molar-refractivity contribution < 1.29 is 9.35 Å². The Morgan fingerprint density at radius 3 is 2.89 bits per heavy atom. The zero-order valence-corrected chi connectivity index (χ0v) is 17.4. The van der Waals surface area contributed by atoms with Gasteiger partial charge in [0.2, 0.25) is 11.3 Å². The van der Waals surface area contributed by atoms with Crippen LogP contribution in [0.5, 0.6) is 0 Å². The molecule has 3 rings (SSSR count). The minimum absolute atomic E-state index is 0.165. The van der Waals surface area contributed by atoms with E-state index >= 15 is 0 Å². The van der Waals surface area contributed by atoms with Crippen molar-refractivity contribution in [2.45, 2.75) is 13.3 Å². The number of anilines is 2. The van der Waals surface area contributed by atoms with Crippen molar-refractivity contribution >= 4 is 44.6 Å². The number of carbonyl (C=O) groups is 1. The van der Waals surface area contributed by atoms with Crippen LogP contribution in [0.2, 0.25) is 0 Å². The molecule has 3 aromatic heterocycles. The molecule has 0 aliphatic carbocycles. The summed E-state index contributed by atoms with van der Waals surface area (Å²) in [4.78, 5) is 24.8. The first-order valence-electron chi connectivity index (χ1n) is 8.42. The smallest absolute Gasteiger partial charge is 0.257 e. The van der Waals surface area contributed by atoms with Crippen molar-refractivity contribution in [1.82, 2.24) is 18.7 Å². The van der Waals surface area contributed by atoms with E-state index in [0.717, 1.165) is 22.3 Å². The maximum absolute atomic E-state index is 12.2. The van der Waals surface area contributed by atoms with Gasteiger partial charge in [-0.1, -0.05) is 0 Å². The summed E-state index contributed by atoms with van der Waals surface area (Å²) < 4.78 is 19.1. The van der Waals surface area contributed by atoms with Crippen LogP contribution in [0.3, 0.4) is 0 Å². The van der Waals surface area contributed by atoms with E-state index in [1.165, 1.54) is 12.4 Å². The molecule has 3 aromatic rings. The zero-order chi connectivity index (χ0) is 19.9. The maximum atomic E-state index is 12.2. The summed E-state index contributed by atoms with van der Waals surface area (Å²) in [5.74, 6) is 0.620. The molecule has 9 nitrogen and oxygen atoms in total. The number of H-pyrrole nitrogens is 1. The average Bonchev–Trinajstić information content (AvgIpc) is 3.02. The van der Waals surface area contributed by atoms with Crippen LogP contribution in [0.1, 0.15) is 22.3 Å². The molecule has 0 saturated carbocycles. The van der Waals surface area contributed by atoms with Gasteiger partial charge < -0.3 is 9.87 Å². The molecule has 1 unspecified atom stereocenters. The van der Waals surface area contributed by atoms with Gasteiger partial charge in [-0.25, -0.2) is 4.98 Å². The number of rotatable bonds is 7. The molecule has 0 radical (unpaired) electrons. The highest BCUT2D eigenvalue weighted by Gasteiger charge is 2.13. The summed E-state index contributed by atoms with van der Waals surface area (Å²) >= 11 is 1.74. The number of nitrogens with zero attached hydrogens (tertiary/aromatic N) is 4. The molecule has 3 heterocycles. The molecule has 1 amide bonds. The van der Waals surface area contributed by atoms with Crippen molar-refractivity contribution in [3.63, 3.8) is 0 Å². The van der Waals surface area contributed by atoms with E-state index in [1.54, 1.807) is 18.3 Å². The first-order valence-corrected chi connectivity index (χ1v) is 10.3. The van der Waals surface area contributed by atoms with Gasteiger partial charge in [-0.2, -0.15) is 0 Å². The molecule has 0 aliphatic heterocycles. The predicted octanol–water partition coefficient (Wildman–Crippen LogP) is 2.65. The van der Waals surface area contributed by atoms with Gasteiger partial charge in [0.1, 0.15) is 5.82 Å². The van der Waals surface area contributed by atoms with Crippen molar-refractivity contribution in [1.29, 1.82) is 0 Å². The van der Waals surface area contributed by atoms with Crippen LogP contribution in [0.25, 0.3) is 0 Å². The molecule has 0 spiro atoms. The van der Waals surface area contributed by atoms with Gasteiger partial charge in [-0.05, 0) is 53.0 Å². The van der Waals surface area contributed by atoms with E-state index in [-0.39, 0.29) is 11.7 Å². The fourth-order valence-electron chi connectivity index (χ4n) is 2.35. The minimum Gasteiger partial charge on any atom is -0.548 e. The fourth-order valence-corrected chi connectivity index (χ4v) is 3.47. The van der Waals surface area contributed by atoms with Gasteiger partial charge in [0, 0.05) is 46.1 Å². The normalized spacial score (nSPS) is 12.1. The molecule has 0 aliphatic rings. The first kappa shape index (κ1) is 20.1. The number of hydrogen-bond acceptors (Lipinski definition) is 7. The number of amides is 1. The second-order valence-electron chi connectivity index (χ2n) is 5.81. The Hall–Kier alpha value is -2.63. The lowest BCUT2D eigenvalue weighted by Crippen LogP contribution is -2.19. The molecule has 146 valence electrons. The summed E-state index contributed by atoms with van der Waals surface area (Å²) in [5, 5.41) is 5.87. The molecule has 0 bridgehead atoms.